The molecule has 0 aromatic carbocycles. The Morgan fingerprint density at radius 1 is 1.47 bits per heavy atom. The Bertz CT molecular complexity index is 304. The van der Waals surface area contributed by atoms with Crippen molar-refractivity contribution in [2.75, 3.05) is 45.1 Å². The first-order valence-corrected chi connectivity index (χ1v) is 5.47. The SMILES string of the molecule is COCCCN(C)c1snc(N)c1OC. The quantitative estimate of drug-likeness (QED) is 0.746. The Hall–Kier alpha value is -1.01. The van der Waals surface area contributed by atoms with E-state index in [1.165, 1.54) is 11.5 Å². The van der Waals surface area contributed by atoms with Gasteiger partial charge in [0.05, 0.1) is 7.11 Å². The van der Waals surface area contributed by atoms with E-state index in [0.29, 0.717) is 11.6 Å². The molecule has 15 heavy (non-hydrogen) atoms. The van der Waals surface area contributed by atoms with E-state index in [-0.39, 0.29) is 0 Å². The van der Waals surface area contributed by atoms with Gasteiger partial charge in [-0.2, -0.15) is 4.37 Å². The van der Waals surface area contributed by atoms with Crippen LogP contribution in [0.1, 0.15) is 6.42 Å². The van der Waals surface area contributed by atoms with Gasteiger partial charge in [0.15, 0.2) is 16.6 Å². The maximum Gasteiger partial charge on any atom is 0.197 e. The molecular formula is C9H17N3O2S. The van der Waals surface area contributed by atoms with Crippen molar-refractivity contribution >= 4 is 22.4 Å². The molecule has 1 rings (SSSR count). The van der Waals surface area contributed by atoms with Gasteiger partial charge in [0.1, 0.15) is 0 Å². The van der Waals surface area contributed by atoms with E-state index < -0.39 is 0 Å². The second-order valence-electron chi connectivity index (χ2n) is 3.17. The average molecular weight is 231 g/mol. The fourth-order valence-corrected chi connectivity index (χ4v) is 2.04. The molecule has 0 radical (unpaired) electrons. The minimum absolute atomic E-state index is 0.455. The van der Waals surface area contributed by atoms with E-state index in [9.17, 15) is 0 Å². The van der Waals surface area contributed by atoms with Gasteiger partial charge in [-0.25, -0.2) is 0 Å². The van der Waals surface area contributed by atoms with Crippen LogP contribution in [0.2, 0.25) is 0 Å². The third-order valence-electron chi connectivity index (χ3n) is 2.05. The Labute approximate surface area is 93.9 Å². The lowest BCUT2D eigenvalue weighted by atomic mass is 10.4. The molecule has 0 fully saturated rings. The van der Waals surface area contributed by atoms with Gasteiger partial charge in [0.2, 0.25) is 0 Å². The average Bonchev–Trinajstić information content (AvgIpc) is 2.59. The number of nitrogen functional groups attached to an aromatic ring is 1. The van der Waals surface area contributed by atoms with Crippen molar-refractivity contribution in [3.05, 3.63) is 0 Å². The molecule has 1 aromatic heterocycles. The largest absolute Gasteiger partial charge is 0.490 e. The van der Waals surface area contributed by atoms with E-state index in [1.54, 1.807) is 14.2 Å². The van der Waals surface area contributed by atoms with Gasteiger partial charge in [0, 0.05) is 27.3 Å². The van der Waals surface area contributed by atoms with Crippen molar-refractivity contribution in [3.63, 3.8) is 0 Å². The van der Waals surface area contributed by atoms with Crippen LogP contribution < -0.4 is 15.4 Å². The molecule has 1 heterocycles. The Morgan fingerprint density at radius 3 is 2.80 bits per heavy atom. The summed E-state index contributed by atoms with van der Waals surface area (Å²) in [4.78, 5) is 2.08. The molecule has 86 valence electrons. The lowest BCUT2D eigenvalue weighted by molar-refractivity contribution is 0.196. The maximum absolute atomic E-state index is 5.67. The van der Waals surface area contributed by atoms with Crippen LogP contribution >= 0.6 is 11.5 Å². The van der Waals surface area contributed by atoms with Crippen molar-refractivity contribution in [1.82, 2.24) is 4.37 Å². The van der Waals surface area contributed by atoms with Gasteiger partial charge in [-0.15, -0.1) is 0 Å². The molecule has 2 N–H and O–H groups in total. The Balaban J connectivity index is 2.60. The smallest absolute Gasteiger partial charge is 0.197 e. The van der Waals surface area contributed by atoms with Crippen LogP contribution in [0.5, 0.6) is 5.75 Å². The summed E-state index contributed by atoms with van der Waals surface area (Å²) >= 11 is 1.35. The van der Waals surface area contributed by atoms with E-state index in [4.69, 9.17) is 15.2 Å². The highest BCUT2D eigenvalue weighted by Crippen LogP contribution is 2.37. The number of aromatic nitrogens is 1. The standard InChI is InChI=1S/C9H17N3O2S/c1-12(5-4-6-13-2)9-7(14-3)8(10)11-15-9/h4-6H2,1-3H3,(H2,10,11). The molecule has 1 aromatic rings. The van der Waals surface area contributed by atoms with Crippen molar-refractivity contribution < 1.29 is 9.47 Å². The minimum atomic E-state index is 0.455. The fourth-order valence-electron chi connectivity index (χ4n) is 1.27. The van der Waals surface area contributed by atoms with Crippen molar-refractivity contribution in [1.29, 1.82) is 0 Å². The van der Waals surface area contributed by atoms with Gasteiger partial charge in [0.25, 0.3) is 0 Å². The number of rotatable bonds is 6. The van der Waals surface area contributed by atoms with Crippen molar-refractivity contribution in [3.8, 4) is 5.75 Å². The zero-order valence-corrected chi connectivity index (χ0v) is 10.1. The normalized spacial score (nSPS) is 10.3. The van der Waals surface area contributed by atoms with Gasteiger partial charge >= 0.3 is 0 Å². The van der Waals surface area contributed by atoms with Gasteiger partial charge in [-0.1, -0.05) is 0 Å². The molecule has 0 amide bonds. The van der Waals surface area contributed by atoms with Crippen LogP contribution in [-0.4, -0.2) is 38.8 Å². The number of anilines is 2. The first kappa shape index (κ1) is 12.1. The zero-order chi connectivity index (χ0) is 11.3. The topological polar surface area (TPSA) is 60.6 Å². The van der Waals surface area contributed by atoms with Gasteiger partial charge in [-0.3, -0.25) is 0 Å². The van der Waals surface area contributed by atoms with Crippen LogP contribution in [0.4, 0.5) is 10.8 Å². The van der Waals surface area contributed by atoms with Crippen LogP contribution in [0.25, 0.3) is 0 Å². The summed E-state index contributed by atoms with van der Waals surface area (Å²) in [5.74, 6) is 1.12. The molecular weight excluding hydrogens is 214 g/mol. The lowest BCUT2D eigenvalue weighted by Crippen LogP contribution is -2.19. The predicted molar refractivity (Wildman–Crippen MR) is 62.8 cm³/mol. The third kappa shape index (κ3) is 2.97. The third-order valence-corrected chi connectivity index (χ3v) is 3.01. The second kappa shape index (κ2) is 5.77. The number of nitrogens with two attached hydrogens (primary N) is 1. The first-order valence-electron chi connectivity index (χ1n) is 4.70. The summed E-state index contributed by atoms with van der Waals surface area (Å²) in [6.07, 6.45) is 0.966. The maximum atomic E-state index is 5.67. The number of methoxy groups -OCH3 is 2. The summed E-state index contributed by atoms with van der Waals surface area (Å²) in [6, 6.07) is 0. The number of ether oxygens (including phenoxy) is 2. The zero-order valence-electron chi connectivity index (χ0n) is 9.32. The molecule has 0 bridgehead atoms. The molecule has 0 atom stereocenters. The summed E-state index contributed by atoms with van der Waals surface area (Å²) in [5, 5.41) is 0.964. The van der Waals surface area contributed by atoms with Crippen LogP contribution in [0, 0.1) is 0 Å². The van der Waals surface area contributed by atoms with E-state index in [2.05, 4.69) is 9.27 Å². The number of hydrogen-bond acceptors (Lipinski definition) is 6. The molecule has 0 aliphatic carbocycles. The molecule has 0 spiro atoms. The fraction of sp³-hybridized carbons (Fsp3) is 0.667. The predicted octanol–water partition coefficient (Wildman–Crippen LogP) is 1.21. The Morgan fingerprint density at radius 2 is 2.20 bits per heavy atom. The molecule has 0 saturated carbocycles. The Kier molecular flexibility index (Phi) is 4.64. The van der Waals surface area contributed by atoms with E-state index in [0.717, 1.165) is 24.6 Å². The van der Waals surface area contributed by atoms with E-state index in [1.807, 2.05) is 7.05 Å². The summed E-state index contributed by atoms with van der Waals surface area (Å²) < 4.78 is 14.2. The lowest BCUT2D eigenvalue weighted by Gasteiger charge is -2.17. The molecule has 5 nitrogen and oxygen atoms in total. The molecule has 0 unspecified atom stereocenters. The highest BCUT2D eigenvalue weighted by Gasteiger charge is 2.15. The van der Waals surface area contributed by atoms with E-state index >= 15 is 0 Å². The highest BCUT2D eigenvalue weighted by molar-refractivity contribution is 7.11. The monoisotopic (exact) mass is 231 g/mol. The number of nitrogens with zero attached hydrogens (tertiary/aromatic N) is 2. The van der Waals surface area contributed by atoms with Gasteiger partial charge in [-0.05, 0) is 18.0 Å². The molecule has 0 aliphatic heterocycles. The summed E-state index contributed by atoms with van der Waals surface area (Å²) in [5.41, 5.74) is 5.67. The first-order chi connectivity index (χ1) is 7.20. The molecule has 0 aliphatic rings. The van der Waals surface area contributed by atoms with Crippen LogP contribution in [0.15, 0.2) is 0 Å². The van der Waals surface area contributed by atoms with Crippen LogP contribution in [-0.2, 0) is 4.74 Å². The molecule has 6 heteroatoms. The molecule has 0 saturated heterocycles. The summed E-state index contributed by atoms with van der Waals surface area (Å²) in [6.45, 7) is 1.65. The summed E-state index contributed by atoms with van der Waals surface area (Å²) in [7, 11) is 5.29. The second-order valence-corrected chi connectivity index (χ2v) is 3.93. The highest BCUT2D eigenvalue weighted by atomic mass is 32.1. The van der Waals surface area contributed by atoms with Crippen molar-refractivity contribution in [2.45, 2.75) is 6.42 Å². The van der Waals surface area contributed by atoms with Crippen molar-refractivity contribution in [2.24, 2.45) is 0 Å². The van der Waals surface area contributed by atoms with Crippen LogP contribution in [0.3, 0.4) is 0 Å². The van der Waals surface area contributed by atoms with Gasteiger partial charge < -0.3 is 20.1 Å². The number of hydrogen-bond donors (Lipinski definition) is 1. The minimum Gasteiger partial charge on any atom is -0.490 e.